The second-order valence-corrected chi connectivity index (χ2v) is 5.33. The number of fused-ring (bicyclic) bond motifs is 1. The highest BCUT2D eigenvalue weighted by atomic mass is 32.1. The van der Waals surface area contributed by atoms with Gasteiger partial charge < -0.3 is 19.6 Å². The number of thiocarbonyl (C=S) groups is 1. The van der Waals surface area contributed by atoms with Crippen LogP contribution in [0.5, 0.6) is 0 Å². The lowest BCUT2D eigenvalue weighted by Crippen LogP contribution is -2.33. The largest absolute Gasteiger partial charge is 0.545 e. The molecule has 1 aromatic heterocycles. The van der Waals surface area contributed by atoms with E-state index >= 15 is 0 Å². The van der Waals surface area contributed by atoms with E-state index in [1.807, 2.05) is 18.2 Å². The number of amides is 1. The molecule has 7 heteroatoms. The molecular formula is C17H11N2O4S-. The number of nitrogens with one attached hydrogen (secondary N) is 2. The van der Waals surface area contributed by atoms with Crippen LogP contribution in [0.4, 0.5) is 5.69 Å². The summed E-state index contributed by atoms with van der Waals surface area (Å²) in [6, 6.07) is 14.7. The molecule has 0 fully saturated rings. The highest BCUT2D eigenvalue weighted by molar-refractivity contribution is 7.80. The zero-order chi connectivity index (χ0) is 17.1. The summed E-state index contributed by atoms with van der Waals surface area (Å²) in [7, 11) is 0. The van der Waals surface area contributed by atoms with Crippen molar-refractivity contribution in [1.82, 2.24) is 5.32 Å². The monoisotopic (exact) mass is 339 g/mol. The fourth-order valence-electron chi connectivity index (χ4n) is 2.11. The van der Waals surface area contributed by atoms with E-state index in [4.69, 9.17) is 16.6 Å². The van der Waals surface area contributed by atoms with Gasteiger partial charge in [-0.1, -0.05) is 30.3 Å². The number of carboxylic acid groups (broad SMARTS) is 1. The van der Waals surface area contributed by atoms with E-state index in [0.717, 1.165) is 5.39 Å². The fraction of sp³-hybridized carbons (Fsp3) is 0. The fourth-order valence-corrected chi connectivity index (χ4v) is 2.32. The van der Waals surface area contributed by atoms with Gasteiger partial charge in [0.25, 0.3) is 5.91 Å². The van der Waals surface area contributed by atoms with Crippen molar-refractivity contribution in [3.8, 4) is 0 Å². The molecular weight excluding hydrogens is 328 g/mol. The lowest BCUT2D eigenvalue weighted by atomic mass is 10.2. The van der Waals surface area contributed by atoms with Crippen molar-refractivity contribution in [2.45, 2.75) is 0 Å². The van der Waals surface area contributed by atoms with Crippen LogP contribution in [-0.4, -0.2) is 17.0 Å². The number of anilines is 1. The topological polar surface area (TPSA) is 94.4 Å². The maximum Gasteiger partial charge on any atom is 0.293 e. The van der Waals surface area contributed by atoms with Gasteiger partial charge in [-0.25, -0.2) is 0 Å². The molecule has 24 heavy (non-hydrogen) atoms. The predicted octanol–water partition coefficient (Wildman–Crippen LogP) is 1.92. The number of carboxylic acids is 1. The number of hydrogen-bond acceptors (Lipinski definition) is 5. The summed E-state index contributed by atoms with van der Waals surface area (Å²) in [5, 5.41) is 16.9. The van der Waals surface area contributed by atoms with Gasteiger partial charge in [0.15, 0.2) is 10.9 Å². The molecule has 0 saturated carbocycles. The molecule has 1 heterocycles. The third-order valence-electron chi connectivity index (χ3n) is 3.25. The maximum atomic E-state index is 12.1. The zero-order valence-corrected chi connectivity index (χ0v) is 13.1. The minimum Gasteiger partial charge on any atom is -0.545 e. The minimum absolute atomic E-state index is 0.0535. The molecule has 0 radical (unpaired) electrons. The minimum atomic E-state index is -1.26. The van der Waals surface area contributed by atoms with Gasteiger partial charge in [0.1, 0.15) is 5.58 Å². The Morgan fingerprint density at radius 1 is 1.04 bits per heavy atom. The third kappa shape index (κ3) is 3.41. The number of rotatable bonds is 3. The van der Waals surface area contributed by atoms with Crippen molar-refractivity contribution in [1.29, 1.82) is 0 Å². The summed E-state index contributed by atoms with van der Waals surface area (Å²) in [5.41, 5.74) is 1.20. The number of benzene rings is 2. The van der Waals surface area contributed by atoms with Crippen molar-refractivity contribution in [2.24, 2.45) is 0 Å². The standard InChI is InChI=1S/C17H12N2O4S/c20-15(14-9-11-3-1-2-4-13(11)23-14)19-17(24)18-12-7-5-10(6-8-12)16(21)22/h1-9H,(H,21,22)(H2,18,19,20,24)/p-1. The maximum absolute atomic E-state index is 12.1. The van der Waals surface area contributed by atoms with Crippen LogP contribution in [0.15, 0.2) is 59.0 Å². The lowest BCUT2D eigenvalue weighted by molar-refractivity contribution is -0.255. The van der Waals surface area contributed by atoms with E-state index in [1.165, 1.54) is 24.3 Å². The van der Waals surface area contributed by atoms with Crippen LogP contribution in [0.3, 0.4) is 0 Å². The number of para-hydroxylation sites is 1. The Kier molecular flexibility index (Phi) is 4.26. The van der Waals surface area contributed by atoms with E-state index in [9.17, 15) is 14.7 Å². The van der Waals surface area contributed by atoms with Crippen LogP contribution in [-0.2, 0) is 0 Å². The normalized spacial score (nSPS) is 10.3. The van der Waals surface area contributed by atoms with Crippen molar-refractivity contribution in [3.05, 3.63) is 65.9 Å². The average Bonchev–Trinajstić information content (AvgIpc) is 2.99. The number of carbonyl (C=O) groups is 2. The first-order valence-corrected chi connectivity index (χ1v) is 7.36. The Bertz CT molecular complexity index is 898. The summed E-state index contributed by atoms with van der Waals surface area (Å²) in [6.45, 7) is 0. The quantitative estimate of drug-likeness (QED) is 0.708. The average molecular weight is 339 g/mol. The van der Waals surface area contributed by atoms with Crippen molar-refractivity contribution in [2.75, 3.05) is 5.32 Å². The summed E-state index contributed by atoms with van der Waals surface area (Å²) >= 11 is 5.06. The van der Waals surface area contributed by atoms with Gasteiger partial charge in [-0.2, -0.15) is 0 Å². The molecule has 6 nitrogen and oxygen atoms in total. The van der Waals surface area contributed by atoms with Crippen LogP contribution < -0.4 is 15.7 Å². The second-order valence-electron chi connectivity index (χ2n) is 4.92. The van der Waals surface area contributed by atoms with E-state index < -0.39 is 11.9 Å². The highest BCUT2D eigenvalue weighted by Gasteiger charge is 2.13. The number of aromatic carboxylic acids is 1. The molecule has 0 bridgehead atoms. The molecule has 0 aliphatic carbocycles. The highest BCUT2D eigenvalue weighted by Crippen LogP contribution is 2.18. The first-order chi connectivity index (χ1) is 11.5. The molecule has 0 atom stereocenters. The van der Waals surface area contributed by atoms with Crippen LogP contribution in [0, 0.1) is 0 Å². The van der Waals surface area contributed by atoms with Crippen LogP contribution in [0.25, 0.3) is 11.0 Å². The zero-order valence-electron chi connectivity index (χ0n) is 12.2. The molecule has 3 rings (SSSR count). The van der Waals surface area contributed by atoms with Crippen molar-refractivity contribution >= 4 is 45.9 Å². The molecule has 0 aliphatic rings. The second kappa shape index (κ2) is 6.51. The summed E-state index contributed by atoms with van der Waals surface area (Å²) in [4.78, 5) is 22.8. The van der Waals surface area contributed by atoms with E-state index in [1.54, 1.807) is 12.1 Å². The van der Waals surface area contributed by atoms with Crippen LogP contribution >= 0.6 is 12.2 Å². The van der Waals surface area contributed by atoms with Gasteiger partial charge >= 0.3 is 0 Å². The molecule has 120 valence electrons. The summed E-state index contributed by atoms with van der Waals surface area (Å²) in [6.07, 6.45) is 0. The molecule has 0 spiro atoms. The van der Waals surface area contributed by atoms with Crippen molar-refractivity contribution < 1.29 is 19.1 Å². The number of carbonyl (C=O) groups excluding carboxylic acids is 2. The van der Waals surface area contributed by atoms with Gasteiger partial charge in [0.2, 0.25) is 0 Å². The SMILES string of the molecule is O=C([O-])c1ccc(NC(=S)NC(=O)c2cc3ccccc3o2)cc1. The van der Waals surface area contributed by atoms with Gasteiger partial charge in [-0.3, -0.25) is 10.1 Å². The molecule has 0 aliphatic heterocycles. The van der Waals surface area contributed by atoms with Crippen LogP contribution in [0.1, 0.15) is 20.9 Å². The Morgan fingerprint density at radius 3 is 2.42 bits per heavy atom. The summed E-state index contributed by atoms with van der Waals surface area (Å²) in [5.74, 6) is -1.59. The predicted molar refractivity (Wildman–Crippen MR) is 90.7 cm³/mol. The van der Waals surface area contributed by atoms with Crippen molar-refractivity contribution in [3.63, 3.8) is 0 Å². The molecule has 1 amide bonds. The Labute approximate surface area is 142 Å². The van der Waals surface area contributed by atoms with E-state index in [0.29, 0.717) is 11.3 Å². The Hall–Kier alpha value is -3.19. The molecule has 0 saturated heterocycles. The first-order valence-electron chi connectivity index (χ1n) is 6.95. The smallest absolute Gasteiger partial charge is 0.293 e. The lowest BCUT2D eigenvalue weighted by Gasteiger charge is -2.09. The van der Waals surface area contributed by atoms with Gasteiger partial charge in [-0.15, -0.1) is 0 Å². The Balaban J connectivity index is 1.65. The van der Waals surface area contributed by atoms with E-state index in [-0.39, 0.29) is 16.4 Å². The molecule has 2 aromatic carbocycles. The Morgan fingerprint density at radius 2 is 1.75 bits per heavy atom. The summed E-state index contributed by atoms with van der Waals surface area (Å²) < 4.78 is 5.45. The number of hydrogen-bond donors (Lipinski definition) is 2. The molecule has 0 unspecified atom stereocenters. The third-order valence-corrected chi connectivity index (χ3v) is 3.46. The van der Waals surface area contributed by atoms with Gasteiger partial charge in [0, 0.05) is 11.1 Å². The molecule has 2 N–H and O–H groups in total. The van der Waals surface area contributed by atoms with Crippen LogP contribution in [0.2, 0.25) is 0 Å². The number of furan rings is 1. The van der Waals surface area contributed by atoms with E-state index in [2.05, 4.69) is 10.6 Å². The first kappa shape index (κ1) is 15.7. The van der Waals surface area contributed by atoms with Gasteiger partial charge in [-0.05, 0) is 42.0 Å². The van der Waals surface area contributed by atoms with Gasteiger partial charge in [0.05, 0.1) is 5.97 Å². The molecule has 3 aromatic rings.